The molecule has 1 unspecified atom stereocenters. The first-order chi connectivity index (χ1) is 36.8. The van der Waals surface area contributed by atoms with Crippen molar-refractivity contribution in [2.24, 2.45) is 0 Å². The van der Waals surface area contributed by atoms with E-state index in [-0.39, 0.29) is 0 Å². The van der Waals surface area contributed by atoms with E-state index < -0.39 is 254 Å². The van der Waals surface area contributed by atoms with Gasteiger partial charge in [0.15, 0.2) is 50.1 Å². The number of carboxylic acids is 1. The van der Waals surface area contributed by atoms with Gasteiger partial charge in [0, 0.05) is 0 Å². The Hall–Kier alpha value is -1.89. The van der Waals surface area contributed by atoms with E-state index >= 15 is 0 Å². The van der Waals surface area contributed by atoms with Crippen LogP contribution in [0.3, 0.4) is 0 Å². The molecule has 7 fully saturated rings. The van der Waals surface area contributed by atoms with Crippen molar-refractivity contribution in [2.75, 3.05) is 33.0 Å². The van der Waals surface area contributed by atoms with Gasteiger partial charge in [-0.25, -0.2) is 4.79 Å². The minimum Gasteiger partial charge on any atom is -0.479 e. The van der Waals surface area contributed by atoms with E-state index in [0.29, 0.717) is 0 Å². The van der Waals surface area contributed by atoms with Crippen molar-refractivity contribution in [1.29, 1.82) is 0 Å². The molecule has 35 atom stereocenters. The highest BCUT2D eigenvalue weighted by Gasteiger charge is 2.58. The third kappa shape index (κ3) is 13.1. The number of aliphatic hydroxyl groups is 21. The average Bonchev–Trinajstić information content (AvgIpc) is 3.43. The monoisotopic (exact) mass is 1150 g/mol. The molecule has 7 saturated heterocycles. The van der Waals surface area contributed by atoms with E-state index in [1.54, 1.807) is 0 Å². The summed E-state index contributed by atoms with van der Waals surface area (Å²) in [6, 6.07) is 0. The fourth-order valence-corrected chi connectivity index (χ4v) is 9.67. The first kappa shape index (κ1) is 63.7. The summed E-state index contributed by atoms with van der Waals surface area (Å²) >= 11 is 0. The molecule has 0 saturated carbocycles. The zero-order valence-electron chi connectivity index (χ0n) is 40.8. The second-order valence-electron chi connectivity index (χ2n) is 19.7. The number of hydrogen-bond acceptors (Lipinski definition) is 35. The number of ether oxygens (including phenoxy) is 13. The lowest BCUT2D eigenvalue weighted by Gasteiger charge is -2.50. The molecular weight excluding hydrogens is 1080 g/mol. The van der Waals surface area contributed by atoms with E-state index in [4.69, 9.17) is 61.6 Å². The van der Waals surface area contributed by atoms with Crippen LogP contribution in [0.1, 0.15) is 6.92 Å². The van der Waals surface area contributed by atoms with Gasteiger partial charge in [-0.2, -0.15) is 0 Å². The third-order valence-corrected chi connectivity index (χ3v) is 14.4. The van der Waals surface area contributed by atoms with Crippen LogP contribution in [0.5, 0.6) is 0 Å². The SMILES string of the molecule is C[C@@H]1O[C@@H](OC[C@H]2O[C@@H](OC[C@H]3O[C@@H](O[C@H]4[C@H](O)[C@@H](O)[C@H](O[C@@H]5[C@H](O[C@H]6[C@H](O[C@@H]7O[C@H](CO)[C@@H](O)[C@H](O)[C@H]7O)[C@@H](CO)OC(O)[C@@H]6O)O[C@H](CO)[C@@H](O)[C@@H]5O)O[C@@H]4C(=O)O)[C@H](O)[C@@H](O)[C@@H]3O)[C@H](O)[C@@H](O)[C@@H]2O)[C@H](O)[C@H](O)[C@H]1O. The highest BCUT2D eigenvalue weighted by atomic mass is 16.8. The molecule has 36 heteroatoms. The largest absolute Gasteiger partial charge is 0.479 e. The van der Waals surface area contributed by atoms with Gasteiger partial charge in [0.25, 0.3) is 0 Å². The van der Waals surface area contributed by atoms with Crippen molar-refractivity contribution in [3.05, 3.63) is 0 Å². The second-order valence-corrected chi connectivity index (χ2v) is 19.7. The van der Waals surface area contributed by atoms with Gasteiger partial charge in [-0.15, -0.1) is 0 Å². The number of aliphatic carboxylic acids is 1. The zero-order valence-corrected chi connectivity index (χ0v) is 40.8. The minimum absolute atomic E-state index is 0.695. The standard InChI is InChI=1S/C42H70O36/c1-7-13(46)18(51)24(57)37(68-7)66-5-11-16(49)20(53)25(58)38(72-11)67-6-12-17(50)21(54)27(60)40(73-12)75-31-23(56)28(61)41(78-34(31)35(63)64)77-33-22(55)15(48)9(3-44)71-42(33)76-32-29(62)36(65)69-10(4-45)30(32)74-39-26(59)19(52)14(47)8(2-43)70-39/h7-34,36-62,65H,2-6H2,1H3,(H,63,64)/t7-,8+,9+,10+,11+,12+,13-,14+,15+,16+,17+,18+,19-,20-,21-,22-,23+,24+,25+,26+,27+,28+,29+,30+,31-,32+,33-,34-,36?,37+,38+,39-,40-,41+,42-/m0/s1. The van der Waals surface area contributed by atoms with Crippen LogP contribution in [0.4, 0.5) is 0 Å². The van der Waals surface area contributed by atoms with Crippen LogP contribution in [0, 0.1) is 0 Å². The Bertz CT molecular complexity index is 1880. The third-order valence-electron chi connectivity index (χ3n) is 14.4. The van der Waals surface area contributed by atoms with Crippen molar-refractivity contribution < 1.29 is 179 Å². The molecular formula is C42H70O36. The Kier molecular flexibility index (Phi) is 21.9. The number of carbonyl (C=O) groups is 1. The molecule has 0 bridgehead atoms. The van der Waals surface area contributed by atoms with Gasteiger partial charge in [-0.05, 0) is 6.92 Å². The summed E-state index contributed by atoms with van der Waals surface area (Å²) in [6.07, 6.45) is -70.2. The molecule has 0 spiro atoms. The number of carboxylic acid groups (broad SMARTS) is 1. The van der Waals surface area contributed by atoms with E-state index in [1.807, 2.05) is 0 Å². The fraction of sp³-hybridized carbons (Fsp3) is 0.976. The summed E-state index contributed by atoms with van der Waals surface area (Å²) in [5, 5.41) is 233. The van der Waals surface area contributed by atoms with E-state index in [2.05, 4.69) is 0 Å². The normalized spacial score (nSPS) is 53.4. The Labute approximate surface area is 439 Å². The summed E-state index contributed by atoms with van der Waals surface area (Å²) in [5.74, 6) is -1.99. The van der Waals surface area contributed by atoms with Crippen molar-refractivity contribution >= 4 is 5.97 Å². The molecule has 7 heterocycles. The predicted octanol–water partition coefficient (Wildman–Crippen LogP) is -15.2. The van der Waals surface area contributed by atoms with E-state index in [1.165, 1.54) is 6.92 Å². The molecule has 7 rings (SSSR count). The predicted molar refractivity (Wildman–Crippen MR) is 231 cm³/mol. The van der Waals surface area contributed by atoms with Crippen molar-refractivity contribution in [3.63, 3.8) is 0 Å². The van der Waals surface area contributed by atoms with Gasteiger partial charge in [-0.1, -0.05) is 0 Å². The maximum Gasteiger partial charge on any atom is 0.335 e. The highest BCUT2D eigenvalue weighted by molar-refractivity contribution is 5.73. The van der Waals surface area contributed by atoms with Gasteiger partial charge in [0.05, 0.1) is 39.1 Å². The topological polar surface area (TPSA) is 582 Å². The van der Waals surface area contributed by atoms with Crippen LogP contribution in [0.2, 0.25) is 0 Å². The Morgan fingerprint density at radius 1 is 0.333 bits per heavy atom. The summed E-state index contributed by atoms with van der Waals surface area (Å²) in [7, 11) is 0. The van der Waals surface area contributed by atoms with Crippen LogP contribution in [-0.4, -0.2) is 366 Å². The molecule has 0 radical (unpaired) electrons. The molecule has 36 nitrogen and oxygen atoms in total. The Balaban J connectivity index is 1.04. The number of aliphatic hydroxyl groups excluding tert-OH is 21. The summed E-state index contributed by atoms with van der Waals surface area (Å²) in [5.41, 5.74) is 0. The lowest BCUT2D eigenvalue weighted by atomic mass is 9.95. The molecule has 454 valence electrons. The molecule has 7 aliphatic heterocycles. The highest BCUT2D eigenvalue weighted by Crippen LogP contribution is 2.37. The lowest BCUT2D eigenvalue weighted by Crippen LogP contribution is -2.68. The number of hydrogen-bond donors (Lipinski definition) is 22. The molecule has 7 aliphatic rings. The van der Waals surface area contributed by atoms with Gasteiger partial charge in [0.2, 0.25) is 0 Å². The molecule has 0 aromatic rings. The van der Waals surface area contributed by atoms with E-state index in [9.17, 15) is 117 Å². The summed E-state index contributed by atoms with van der Waals surface area (Å²) in [4.78, 5) is 12.8. The van der Waals surface area contributed by atoms with Crippen LogP contribution in [0.25, 0.3) is 0 Å². The van der Waals surface area contributed by atoms with Crippen LogP contribution in [-0.2, 0) is 66.4 Å². The van der Waals surface area contributed by atoms with Gasteiger partial charge in [-0.3, -0.25) is 0 Å². The summed E-state index contributed by atoms with van der Waals surface area (Å²) in [6.45, 7) is -3.30. The smallest absolute Gasteiger partial charge is 0.335 e. The molecule has 22 N–H and O–H groups in total. The minimum atomic E-state index is -2.49. The van der Waals surface area contributed by atoms with Crippen LogP contribution < -0.4 is 0 Å². The first-order valence-corrected chi connectivity index (χ1v) is 24.5. The van der Waals surface area contributed by atoms with Crippen LogP contribution >= 0.6 is 0 Å². The van der Waals surface area contributed by atoms with Crippen molar-refractivity contribution in [1.82, 2.24) is 0 Å². The molecule has 0 aromatic carbocycles. The van der Waals surface area contributed by atoms with Gasteiger partial charge < -0.3 is 174 Å². The Morgan fingerprint density at radius 3 is 1.21 bits per heavy atom. The summed E-state index contributed by atoms with van der Waals surface area (Å²) < 4.78 is 71.9. The maximum absolute atomic E-state index is 12.8. The lowest BCUT2D eigenvalue weighted by molar-refractivity contribution is -0.402. The maximum atomic E-state index is 12.8. The van der Waals surface area contributed by atoms with Crippen molar-refractivity contribution in [2.45, 2.75) is 222 Å². The Morgan fingerprint density at radius 2 is 0.692 bits per heavy atom. The fourth-order valence-electron chi connectivity index (χ4n) is 9.67. The first-order valence-electron chi connectivity index (χ1n) is 24.5. The molecule has 0 aromatic heterocycles. The number of rotatable bonds is 18. The van der Waals surface area contributed by atoms with Gasteiger partial charge in [0.1, 0.15) is 159 Å². The van der Waals surface area contributed by atoms with E-state index in [0.717, 1.165) is 0 Å². The quantitative estimate of drug-likeness (QED) is 0.0606. The zero-order chi connectivity index (χ0) is 57.5. The molecule has 0 aliphatic carbocycles. The van der Waals surface area contributed by atoms with Crippen molar-refractivity contribution in [3.8, 4) is 0 Å². The second kappa shape index (κ2) is 26.8. The van der Waals surface area contributed by atoms with Gasteiger partial charge >= 0.3 is 5.97 Å². The average molecular weight is 1150 g/mol. The molecule has 78 heavy (non-hydrogen) atoms. The molecule has 0 amide bonds. The van der Waals surface area contributed by atoms with Crippen LogP contribution in [0.15, 0.2) is 0 Å².